The molecule has 0 aliphatic carbocycles. The molecular formula is C20H20N4O2. The number of anilines is 2. The third kappa shape index (κ3) is 4.36. The number of nitrogens with one attached hydrogen (secondary N) is 2. The van der Waals surface area contributed by atoms with E-state index in [-0.39, 0.29) is 11.9 Å². The van der Waals surface area contributed by atoms with Crippen LogP contribution in [0.1, 0.15) is 29.0 Å². The highest BCUT2D eigenvalue weighted by molar-refractivity contribution is 6.02. The minimum atomic E-state index is -0.298. The van der Waals surface area contributed by atoms with Crippen LogP contribution < -0.4 is 15.4 Å². The van der Waals surface area contributed by atoms with Crippen LogP contribution in [0.3, 0.4) is 0 Å². The van der Waals surface area contributed by atoms with Crippen LogP contribution in [-0.4, -0.2) is 23.0 Å². The topological polar surface area (TPSA) is 76.1 Å². The molecule has 6 heteroatoms. The Morgan fingerprint density at radius 3 is 2.46 bits per heavy atom. The van der Waals surface area contributed by atoms with E-state index in [0.717, 1.165) is 11.3 Å². The number of carbonyl (C=O) groups is 1. The van der Waals surface area contributed by atoms with Crippen molar-refractivity contribution in [3.63, 3.8) is 0 Å². The summed E-state index contributed by atoms with van der Waals surface area (Å²) in [6.07, 6.45) is 1.57. The second kappa shape index (κ2) is 8.11. The lowest BCUT2D eigenvalue weighted by molar-refractivity contribution is 0.102. The Morgan fingerprint density at radius 1 is 1.04 bits per heavy atom. The highest BCUT2D eigenvalue weighted by Crippen LogP contribution is 2.18. The maximum Gasteiger partial charge on any atom is 0.274 e. The predicted octanol–water partition coefficient (Wildman–Crippen LogP) is 3.91. The van der Waals surface area contributed by atoms with Crippen molar-refractivity contribution in [1.82, 2.24) is 9.97 Å². The lowest BCUT2D eigenvalue weighted by Gasteiger charge is -2.14. The van der Waals surface area contributed by atoms with E-state index in [1.165, 1.54) is 0 Å². The summed E-state index contributed by atoms with van der Waals surface area (Å²) < 4.78 is 5.11. The molecule has 0 radical (unpaired) electrons. The molecule has 0 saturated heterocycles. The molecular weight excluding hydrogens is 328 g/mol. The molecule has 1 aromatic heterocycles. The molecule has 2 N–H and O–H groups in total. The zero-order chi connectivity index (χ0) is 18.4. The average molecular weight is 348 g/mol. The van der Waals surface area contributed by atoms with Gasteiger partial charge in [0.1, 0.15) is 11.4 Å². The first-order valence-electron chi connectivity index (χ1n) is 8.25. The molecule has 3 aromatic rings. The van der Waals surface area contributed by atoms with Crippen molar-refractivity contribution in [1.29, 1.82) is 0 Å². The van der Waals surface area contributed by atoms with E-state index in [0.29, 0.717) is 17.3 Å². The van der Waals surface area contributed by atoms with E-state index in [9.17, 15) is 4.79 Å². The number of aromatic nitrogens is 2. The molecule has 0 aliphatic heterocycles. The summed E-state index contributed by atoms with van der Waals surface area (Å²) >= 11 is 0. The minimum Gasteiger partial charge on any atom is -0.497 e. The Hall–Kier alpha value is -3.41. The monoisotopic (exact) mass is 348 g/mol. The van der Waals surface area contributed by atoms with Crippen molar-refractivity contribution in [2.45, 2.75) is 13.0 Å². The van der Waals surface area contributed by atoms with Gasteiger partial charge in [-0.15, -0.1) is 0 Å². The molecule has 26 heavy (non-hydrogen) atoms. The first-order valence-corrected chi connectivity index (χ1v) is 8.25. The van der Waals surface area contributed by atoms with Crippen LogP contribution in [0, 0.1) is 0 Å². The largest absolute Gasteiger partial charge is 0.497 e. The maximum absolute atomic E-state index is 12.4. The SMILES string of the molecule is COc1ccc(NC(=O)c2ccnc(NC(C)c3ccccc3)n2)cc1. The van der Waals surface area contributed by atoms with Gasteiger partial charge in [-0.25, -0.2) is 9.97 Å². The molecule has 0 aliphatic rings. The normalized spacial score (nSPS) is 11.5. The van der Waals surface area contributed by atoms with E-state index in [1.807, 2.05) is 37.3 Å². The summed E-state index contributed by atoms with van der Waals surface area (Å²) in [7, 11) is 1.60. The molecule has 3 rings (SSSR count). The number of amides is 1. The zero-order valence-electron chi connectivity index (χ0n) is 14.6. The summed E-state index contributed by atoms with van der Waals surface area (Å²) in [6, 6.07) is 18.7. The number of nitrogens with zero attached hydrogens (tertiary/aromatic N) is 2. The Balaban J connectivity index is 1.68. The van der Waals surface area contributed by atoms with Gasteiger partial charge in [0.15, 0.2) is 0 Å². The number of benzene rings is 2. The van der Waals surface area contributed by atoms with Crippen LogP contribution in [0.25, 0.3) is 0 Å². The van der Waals surface area contributed by atoms with Gasteiger partial charge in [0.25, 0.3) is 5.91 Å². The molecule has 0 saturated carbocycles. The summed E-state index contributed by atoms with van der Waals surface area (Å²) in [5, 5.41) is 6.02. The third-order valence-corrected chi connectivity index (χ3v) is 3.88. The standard InChI is InChI=1S/C20H20N4O2/c1-14(15-6-4-3-5-7-15)22-20-21-13-12-18(24-20)19(25)23-16-8-10-17(26-2)11-9-16/h3-14H,1-2H3,(H,23,25)(H,21,22,24). The van der Waals surface area contributed by atoms with Crippen molar-refractivity contribution in [3.8, 4) is 5.75 Å². The van der Waals surface area contributed by atoms with Crippen molar-refractivity contribution in [3.05, 3.63) is 78.1 Å². The van der Waals surface area contributed by atoms with Gasteiger partial charge in [0.2, 0.25) is 5.95 Å². The molecule has 1 heterocycles. The highest BCUT2D eigenvalue weighted by Gasteiger charge is 2.11. The molecule has 0 fully saturated rings. The molecule has 1 atom stereocenters. The van der Waals surface area contributed by atoms with Crippen LogP contribution in [0.5, 0.6) is 5.75 Å². The van der Waals surface area contributed by atoms with E-state index < -0.39 is 0 Å². The zero-order valence-corrected chi connectivity index (χ0v) is 14.6. The van der Waals surface area contributed by atoms with Crippen LogP contribution in [0.15, 0.2) is 66.9 Å². The fraction of sp³-hybridized carbons (Fsp3) is 0.150. The fourth-order valence-electron chi connectivity index (χ4n) is 2.44. The average Bonchev–Trinajstić information content (AvgIpc) is 2.69. The van der Waals surface area contributed by atoms with Crippen LogP contribution in [0.4, 0.5) is 11.6 Å². The lowest BCUT2D eigenvalue weighted by atomic mass is 10.1. The molecule has 0 spiro atoms. The second-order valence-electron chi connectivity index (χ2n) is 5.72. The Morgan fingerprint density at radius 2 is 1.77 bits per heavy atom. The quantitative estimate of drug-likeness (QED) is 0.706. The van der Waals surface area contributed by atoms with Crippen LogP contribution in [-0.2, 0) is 0 Å². The number of hydrogen-bond donors (Lipinski definition) is 2. The first kappa shape index (κ1) is 17.4. The van der Waals surface area contributed by atoms with Gasteiger partial charge in [-0.05, 0) is 42.8 Å². The van der Waals surface area contributed by atoms with Gasteiger partial charge in [-0.3, -0.25) is 4.79 Å². The van der Waals surface area contributed by atoms with Gasteiger partial charge in [-0.1, -0.05) is 30.3 Å². The first-order chi connectivity index (χ1) is 12.7. The number of carbonyl (C=O) groups excluding carboxylic acids is 1. The Labute approximate surface area is 152 Å². The van der Waals surface area contributed by atoms with Gasteiger partial charge in [0, 0.05) is 11.9 Å². The van der Waals surface area contributed by atoms with Gasteiger partial charge >= 0.3 is 0 Å². The van der Waals surface area contributed by atoms with Crippen LogP contribution in [0.2, 0.25) is 0 Å². The van der Waals surface area contributed by atoms with E-state index in [4.69, 9.17) is 4.74 Å². The molecule has 0 bridgehead atoms. The Kier molecular flexibility index (Phi) is 5.43. The molecule has 132 valence electrons. The van der Waals surface area contributed by atoms with Gasteiger partial charge in [-0.2, -0.15) is 0 Å². The van der Waals surface area contributed by atoms with Gasteiger partial charge < -0.3 is 15.4 Å². The summed E-state index contributed by atoms with van der Waals surface area (Å²) in [5.74, 6) is 0.836. The van der Waals surface area contributed by atoms with Crippen molar-refractivity contribution in [2.24, 2.45) is 0 Å². The number of hydrogen-bond acceptors (Lipinski definition) is 5. The summed E-state index contributed by atoms with van der Waals surface area (Å²) in [6.45, 7) is 2.02. The highest BCUT2D eigenvalue weighted by atomic mass is 16.5. The smallest absolute Gasteiger partial charge is 0.274 e. The molecule has 1 unspecified atom stereocenters. The molecule has 2 aromatic carbocycles. The Bertz CT molecular complexity index is 866. The lowest BCUT2D eigenvalue weighted by Crippen LogP contribution is -2.16. The minimum absolute atomic E-state index is 0.0242. The van der Waals surface area contributed by atoms with E-state index >= 15 is 0 Å². The predicted molar refractivity (Wildman–Crippen MR) is 101 cm³/mol. The summed E-state index contributed by atoms with van der Waals surface area (Å²) in [4.78, 5) is 20.9. The fourth-order valence-corrected chi connectivity index (χ4v) is 2.44. The van der Waals surface area contributed by atoms with Crippen molar-refractivity contribution < 1.29 is 9.53 Å². The summed E-state index contributed by atoms with van der Waals surface area (Å²) in [5.41, 5.74) is 2.07. The van der Waals surface area contributed by atoms with E-state index in [2.05, 4.69) is 20.6 Å². The number of rotatable bonds is 6. The van der Waals surface area contributed by atoms with Gasteiger partial charge in [0.05, 0.1) is 13.2 Å². The molecule has 6 nitrogen and oxygen atoms in total. The van der Waals surface area contributed by atoms with Crippen molar-refractivity contribution >= 4 is 17.5 Å². The third-order valence-electron chi connectivity index (χ3n) is 3.88. The van der Waals surface area contributed by atoms with E-state index in [1.54, 1.807) is 43.6 Å². The number of ether oxygens (including phenoxy) is 1. The molecule has 1 amide bonds. The maximum atomic E-state index is 12.4. The van der Waals surface area contributed by atoms with Crippen molar-refractivity contribution in [2.75, 3.05) is 17.7 Å². The number of methoxy groups -OCH3 is 1. The second-order valence-corrected chi connectivity index (χ2v) is 5.72. The van der Waals surface area contributed by atoms with Crippen LogP contribution >= 0.6 is 0 Å².